The van der Waals surface area contributed by atoms with Crippen LogP contribution in [0.25, 0.3) is 0 Å². The molecule has 0 aliphatic heterocycles. The highest BCUT2D eigenvalue weighted by Gasteiger charge is 2.22. The molecular weight excluding hydrogens is 255 g/mol. The van der Waals surface area contributed by atoms with Gasteiger partial charge < -0.3 is 10.8 Å². The second-order valence-corrected chi connectivity index (χ2v) is 4.57. The Morgan fingerprint density at radius 3 is 2.45 bits per heavy atom. The Morgan fingerprint density at radius 1 is 1.15 bits per heavy atom. The van der Waals surface area contributed by atoms with Crippen molar-refractivity contribution in [1.82, 2.24) is 0 Å². The lowest BCUT2D eigenvalue weighted by atomic mass is 9.86. The number of nitrogens with two attached hydrogens (primary N) is 1. The number of halogens is 1. The molecular formula is C16H15FN2O. The third-order valence-corrected chi connectivity index (χ3v) is 3.23. The van der Waals surface area contributed by atoms with E-state index < -0.39 is 6.10 Å². The maximum Gasteiger partial charge on any atom is 0.123 e. The summed E-state index contributed by atoms with van der Waals surface area (Å²) in [6.45, 7) is 0.0822. The minimum absolute atomic E-state index is 0.0822. The molecule has 0 radical (unpaired) electrons. The van der Waals surface area contributed by atoms with E-state index in [9.17, 15) is 9.50 Å². The summed E-state index contributed by atoms with van der Waals surface area (Å²) in [5.41, 5.74) is 7.62. The van der Waals surface area contributed by atoms with Gasteiger partial charge in [-0.1, -0.05) is 24.3 Å². The predicted molar refractivity (Wildman–Crippen MR) is 74.5 cm³/mol. The standard InChI is InChI=1S/C16H15FN2O/c17-14-6-4-12(5-7-14)16(15(20)10-19)13-3-1-2-11(8-13)9-18/h1-8,15-16,20H,10,19H2. The number of hydrogen-bond acceptors (Lipinski definition) is 3. The highest BCUT2D eigenvalue weighted by Crippen LogP contribution is 2.28. The number of rotatable bonds is 4. The van der Waals surface area contributed by atoms with E-state index in [4.69, 9.17) is 11.0 Å². The second-order valence-electron chi connectivity index (χ2n) is 4.57. The molecule has 0 aliphatic carbocycles. The SMILES string of the molecule is N#Cc1cccc(C(c2ccc(F)cc2)C(O)CN)c1. The molecule has 0 spiro atoms. The summed E-state index contributed by atoms with van der Waals surface area (Å²) >= 11 is 0. The average molecular weight is 270 g/mol. The number of benzene rings is 2. The zero-order valence-corrected chi connectivity index (χ0v) is 10.8. The zero-order chi connectivity index (χ0) is 14.5. The molecule has 0 aliphatic rings. The van der Waals surface area contributed by atoms with E-state index in [2.05, 4.69) is 6.07 Å². The molecule has 20 heavy (non-hydrogen) atoms. The van der Waals surface area contributed by atoms with Gasteiger partial charge in [-0.25, -0.2) is 4.39 Å². The van der Waals surface area contributed by atoms with Crippen LogP contribution >= 0.6 is 0 Å². The summed E-state index contributed by atoms with van der Waals surface area (Å²) in [6.07, 6.45) is -0.797. The Bertz CT molecular complexity index is 619. The van der Waals surface area contributed by atoms with Gasteiger partial charge in [-0.15, -0.1) is 0 Å². The molecule has 0 bridgehead atoms. The van der Waals surface area contributed by atoms with Gasteiger partial charge in [0.1, 0.15) is 5.82 Å². The summed E-state index contributed by atoms with van der Waals surface area (Å²) in [4.78, 5) is 0. The van der Waals surface area contributed by atoms with Gasteiger partial charge in [-0.3, -0.25) is 0 Å². The molecule has 0 aromatic heterocycles. The Labute approximate surface area is 117 Å². The number of aliphatic hydroxyl groups is 1. The van der Waals surface area contributed by atoms with Gasteiger partial charge >= 0.3 is 0 Å². The molecule has 2 aromatic carbocycles. The minimum Gasteiger partial charge on any atom is -0.391 e. The van der Waals surface area contributed by atoms with Crippen LogP contribution in [0, 0.1) is 17.1 Å². The van der Waals surface area contributed by atoms with Crippen LogP contribution in [0.2, 0.25) is 0 Å². The first-order chi connectivity index (χ1) is 9.65. The maximum absolute atomic E-state index is 13.0. The van der Waals surface area contributed by atoms with E-state index in [1.807, 2.05) is 6.07 Å². The Balaban J connectivity index is 2.47. The highest BCUT2D eigenvalue weighted by atomic mass is 19.1. The lowest BCUT2D eigenvalue weighted by Crippen LogP contribution is -2.28. The van der Waals surface area contributed by atoms with Crippen LogP contribution in [-0.4, -0.2) is 17.8 Å². The molecule has 3 nitrogen and oxygen atoms in total. The molecule has 2 rings (SSSR count). The minimum atomic E-state index is -0.797. The second kappa shape index (κ2) is 6.29. The van der Waals surface area contributed by atoms with Gasteiger partial charge in [-0.05, 0) is 35.4 Å². The largest absolute Gasteiger partial charge is 0.391 e. The molecule has 0 amide bonds. The number of aliphatic hydroxyl groups excluding tert-OH is 1. The van der Waals surface area contributed by atoms with E-state index >= 15 is 0 Å². The zero-order valence-electron chi connectivity index (χ0n) is 10.8. The quantitative estimate of drug-likeness (QED) is 0.894. The van der Waals surface area contributed by atoms with Gasteiger partial charge in [0, 0.05) is 12.5 Å². The molecule has 0 fully saturated rings. The third-order valence-electron chi connectivity index (χ3n) is 3.23. The van der Waals surface area contributed by atoms with Crippen LogP contribution in [0.15, 0.2) is 48.5 Å². The average Bonchev–Trinajstić information content (AvgIpc) is 2.49. The van der Waals surface area contributed by atoms with Crippen molar-refractivity contribution in [3.8, 4) is 6.07 Å². The fraction of sp³-hybridized carbons (Fsp3) is 0.188. The van der Waals surface area contributed by atoms with Gasteiger partial charge in [0.05, 0.1) is 17.7 Å². The van der Waals surface area contributed by atoms with Crippen molar-refractivity contribution >= 4 is 0 Å². The Morgan fingerprint density at radius 2 is 1.85 bits per heavy atom. The summed E-state index contributed by atoms with van der Waals surface area (Å²) in [5, 5.41) is 19.1. The van der Waals surface area contributed by atoms with E-state index in [-0.39, 0.29) is 18.3 Å². The monoisotopic (exact) mass is 270 g/mol. The van der Waals surface area contributed by atoms with Crippen LogP contribution in [0.5, 0.6) is 0 Å². The van der Waals surface area contributed by atoms with E-state index in [0.717, 1.165) is 11.1 Å². The molecule has 3 N–H and O–H groups in total. The lowest BCUT2D eigenvalue weighted by Gasteiger charge is -2.23. The molecule has 2 atom stereocenters. The van der Waals surface area contributed by atoms with E-state index in [1.165, 1.54) is 12.1 Å². The van der Waals surface area contributed by atoms with Crippen molar-refractivity contribution in [2.75, 3.05) is 6.54 Å². The first-order valence-corrected chi connectivity index (χ1v) is 6.29. The highest BCUT2D eigenvalue weighted by molar-refractivity contribution is 5.40. The van der Waals surface area contributed by atoms with Crippen LogP contribution < -0.4 is 5.73 Å². The van der Waals surface area contributed by atoms with E-state index in [1.54, 1.807) is 30.3 Å². The summed E-state index contributed by atoms with van der Waals surface area (Å²) in [6, 6.07) is 15.0. The van der Waals surface area contributed by atoms with E-state index in [0.29, 0.717) is 5.56 Å². The fourth-order valence-corrected chi connectivity index (χ4v) is 2.24. The van der Waals surface area contributed by atoms with Gasteiger partial charge in [0.25, 0.3) is 0 Å². The van der Waals surface area contributed by atoms with Crippen LogP contribution in [0.3, 0.4) is 0 Å². The maximum atomic E-state index is 13.0. The summed E-state index contributed by atoms with van der Waals surface area (Å²) in [5.74, 6) is -0.714. The molecule has 0 heterocycles. The first kappa shape index (κ1) is 14.2. The fourth-order valence-electron chi connectivity index (χ4n) is 2.24. The number of nitrogens with zero attached hydrogens (tertiary/aromatic N) is 1. The van der Waals surface area contributed by atoms with Crippen molar-refractivity contribution in [3.63, 3.8) is 0 Å². The van der Waals surface area contributed by atoms with Crippen molar-refractivity contribution in [1.29, 1.82) is 5.26 Å². The normalized spacial score (nSPS) is 13.5. The van der Waals surface area contributed by atoms with Gasteiger partial charge in [0.2, 0.25) is 0 Å². The van der Waals surface area contributed by atoms with Crippen molar-refractivity contribution in [2.45, 2.75) is 12.0 Å². The molecule has 102 valence electrons. The molecule has 4 heteroatoms. The van der Waals surface area contributed by atoms with Crippen LogP contribution in [-0.2, 0) is 0 Å². The van der Waals surface area contributed by atoms with Crippen LogP contribution in [0.1, 0.15) is 22.6 Å². The third kappa shape index (κ3) is 3.02. The van der Waals surface area contributed by atoms with Gasteiger partial charge in [0.15, 0.2) is 0 Å². The van der Waals surface area contributed by atoms with Crippen molar-refractivity contribution in [3.05, 3.63) is 71.0 Å². The first-order valence-electron chi connectivity index (χ1n) is 6.29. The smallest absolute Gasteiger partial charge is 0.123 e. The Hall–Kier alpha value is -2.22. The molecule has 2 aromatic rings. The van der Waals surface area contributed by atoms with Crippen LogP contribution in [0.4, 0.5) is 4.39 Å². The lowest BCUT2D eigenvalue weighted by molar-refractivity contribution is 0.164. The summed E-state index contributed by atoms with van der Waals surface area (Å²) < 4.78 is 13.0. The topological polar surface area (TPSA) is 70.0 Å². The number of nitriles is 1. The molecule has 2 unspecified atom stereocenters. The predicted octanol–water partition coefficient (Wildman–Crippen LogP) is 2.15. The number of hydrogen-bond donors (Lipinski definition) is 2. The summed E-state index contributed by atoms with van der Waals surface area (Å²) in [7, 11) is 0. The molecule has 0 saturated heterocycles. The molecule has 0 saturated carbocycles. The van der Waals surface area contributed by atoms with Crippen molar-refractivity contribution < 1.29 is 9.50 Å². The van der Waals surface area contributed by atoms with Crippen molar-refractivity contribution in [2.24, 2.45) is 5.73 Å². The Kier molecular flexibility index (Phi) is 4.46. The van der Waals surface area contributed by atoms with Gasteiger partial charge in [-0.2, -0.15) is 5.26 Å².